The summed E-state index contributed by atoms with van der Waals surface area (Å²) in [6.45, 7) is 0. The summed E-state index contributed by atoms with van der Waals surface area (Å²) >= 11 is 9.87. The second kappa shape index (κ2) is 6.81. The highest BCUT2D eigenvalue weighted by Crippen LogP contribution is 2.31. The molecule has 0 heterocycles. The van der Waals surface area contributed by atoms with E-state index in [4.69, 9.17) is 11.6 Å². The molecule has 0 amide bonds. The third kappa shape index (κ3) is 3.42. The van der Waals surface area contributed by atoms with Crippen LogP contribution in [-0.4, -0.2) is 13.1 Å². The molecule has 0 radical (unpaired) electrons. The van der Waals surface area contributed by atoms with Gasteiger partial charge in [-0.25, -0.2) is 0 Å². The molecule has 18 heavy (non-hydrogen) atoms. The molecule has 3 heteroatoms. The first-order chi connectivity index (χ1) is 8.72. The van der Waals surface area contributed by atoms with Gasteiger partial charge in [-0.15, -0.1) is 0 Å². The van der Waals surface area contributed by atoms with Gasteiger partial charge in [-0.3, -0.25) is 0 Å². The minimum absolute atomic E-state index is 0.653. The Morgan fingerprint density at radius 2 is 1.89 bits per heavy atom. The number of hydrogen-bond acceptors (Lipinski definition) is 1. The van der Waals surface area contributed by atoms with Crippen molar-refractivity contribution in [1.82, 2.24) is 0 Å². The van der Waals surface area contributed by atoms with Gasteiger partial charge in [0.1, 0.15) is 0 Å². The zero-order chi connectivity index (χ0) is 13.0. The predicted octanol–water partition coefficient (Wildman–Crippen LogP) is 5.39. The highest BCUT2D eigenvalue weighted by Gasteiger charge is 2.18. The van der Waals surface area contributed by atoms with Crippen LogP contribution in [0, 0.1) is 0 Å². The quantitative estimate of drug-likeness (QED) is 0.530. The average molecular weight is 331 g/mol. The summed E-state index contributed by atoms with van der Waals surface area (Å²) in [4.78, 5) is 2.38. The van der Waals surface area contributed by atoms with E-state index >= 15 is 0 Å². The van der Waals surface area contributed by atoms with E-state index in [1.807, 2.05) is 0 Å². The summed E-state index contributed by atoms with van der Waals surface area (Å²) in [5.41, 5.74) is 2.41. The van der Waals surface area contributed by atoms with Crippen LogP contribution in [-0.2, 0) is 5.33 Å². The van der Waals surface area contributed by atoms with Crippen molar-refractivity contribution in [2.75, 3.05) is 11.9 Å². The van der Waals surface area contributed by atoms with Crippen molar-refractivity contribution in [2.24, 2.45) is 0 Å². The molecule has 1 aromatic rings. The van der Waals surface area contributed by atoms with E-state index in [1.165, 1.54) is 49.8 Å². The molecule has 0 atom stereocenters. The number of alkyl halides is 1. The molecule has 0 aliphatic heterocycles. The van der Waals surface area contributed by atoms with Crippen molar-refractivity contribution in [3.63, 3.8) is 0 Å². The lowest BCUT2D eigenvalue weighted by atomic mass is 10.1. The second-order valence-corrected chi connectivity index (χ2v) is 6.14. The lowest BCUT2D eigenvalue weighted by molar-refractivity contribution is 0.553. The number of rotatable bonds is 3. The first-order valence-electron chi connectivity index (χ1n) is 6.79. The molecule has 1 aliphatic carbocycles. The van der Waals surface area contributed by atoms with Crippen molar-refractivity contribution in [3.8, 4) is 0 Å². The van der Waals surface area contributed by atoms with E-state index < -0.39 is 0 Å². The third-order valence-electron chi connectivity index (χ3n) is 3.92. The Labute approximate surface area is 124 Å². The minimum Gasteiger partial charge on any atom is -0.370 e. The van der Waals surface area contributed by atoms with E-state index in [1.54, 1.807) is 0 Å². The standard InChI is InChI=1S/C15H21BrClN/c1-18(13-6-4-2-3-5-7-13)15-9-8-12(11-16)10-14(15)17/h8-10,13H,2-7,11H2,1H3. The summed E-state index contributed by atoms with van der Waals surface area (Å²) < 4.78 is 0. The van der Waals surface area contributed by atoms with Crippen LogP contribution in [0.1, 0.15) is 44.1 Å². The largest absolute Gasteiger partial charge is 0.370 e. The molecule has 1 fully saturated rings. The molecule has 1 nitrogen and oxygen atoms in total. The van der Waals surface area contributed by atoms with E-state index in [0.717, 1.165) is 10.4 Å². The molecular weight excluding hydrogens is 310 g/mol. The summed E-state index contributed by atoms with van der Waals surface area (Å²) in [6.07, 6.45) is 8.08. The first kappa shape index (κ1) is 14.2. The van der Waals surface area contributed by atoms with Gasteiger partial charge in [0.15, 0.2) is 0 Å². The third-order valence-corrected chi connectivity index (χ3v) is 4.87. The molecule has 2 rings (SSSR count). The molecule has 0 aromatic heterocycles. The molecule has 0 bridgehead atoms. The van der Waals surface area contributed by atoms with Gasteiger partial charge in [-0.2, -0.15) is 0 Å². The molecule has 1 saturated carbocycles. The van der Waals surface area contributed by atoms with Crippen LogP contribution in [0.25, 0.3) is 0 Å². The van der Waals surface area contributed by atoms with Crippen molar-refractivity contribution in [3.05, 3.63) is 28.8 Å². The fourth-order valence-electron chi connectivity index (χ4n) is 2.76. The highest BCUT2D eigenvalue weighted by atomic mass is 79.9. The maximum Gasteiger partial charge on any atom is 0.0642 e. The molecule has 1 aliphatic rings. The SMILES string of the molecule is CN(c1ccc(CBr)cc1Cl)C1CCCCCC1. The smallest absolute Gasteiger partial charge is 0.0642 e. The van der Waals surface area contributed by atoms with Gasteiger partial charge in [-0.1, -0.05) is 59.3 Å². The molecule has 100 valence electrons. The first-order valence-corrected chi connectivity index (χ1v) is 8.29. The average Bonchev–Trinajstić information content (AvgIpc) is 2.66. The van der Waals surface area contributed by atoms with Gasteiger partial charge in [0.25, 0.3) is 0 Å². The molecular formula is C15H21BrClN. The fraction of sp³-hybridized carbons (Fsp3) is 0.600. The van der Waals surface area contributed by atoms with E-state index in [9.17, 15) is 0 Å². The van der Waals surface area contributed by atoms with E-state index in [0.29, 0.717) is 6.04 Å². The Morgan fingerprint density at radius 3 is 2.44 bits per heavy atom. The fourth-order valence-corrected chi connectivity index (χ4v) is 3.45. The van der Waals surface area contributed by atoms with Gasteiger partial charge >= 0.3 is 0 Å². The van der Waals surface area contributed by atoms with Crippen LogP contribution in [0.3, 0.4) is 0 Å². The minimum atomic E-state index is 0.653. The van der Waals surface area contributed by atoms with Crippen molar-refractivity contribution in [2.45, 2.75) is 49.9 Å². The Balaban J connectivity index is 2.14. The van der Waals surface area contributed by atoms with Gasteiger partial charge in [-0.05, 0) is 30.5 Å². The monoisotopic (exact) mass is 329 g/mol. The number of hydrogen-bond donors (Lipinski definition) is 0. The van der Waals surface area contributed by atoms with Crippen LogP contribution in [0.2, 0.25) is 5.02 Å². The molecule has 1 aromatic carbocycles. The number of benzene rings is 1. The Bertz CT molecular complexity index is 386. The normalized spacial score (nSPS) is 17.5. The second-order valence-electron chi connectivity index (χ2n) is 5.18. The van der Waals surface area contributed by atoms with Gasteiger partial charge < -0.3 is 4.90 Å². The zero-order valence-corrected chi connectivity index (χ0v) is 13.3. The summed E-state index contributed by atoms with van der Waals surface area (Å²) in [7, 11) is 2.19. The number of anilines is 1. The summed E-state index contributed by atoms with van der Waals surface area (Å²) in [6, 6.07) is 7.03. The van der Waals surface area contributed by atoms with Crippen LogP contribution in [0.15, 0.2) is 18.2 Å². The molecule has 0 spiro atoms. The lowest BCUT2D eigenvalue weighted by Crippen LogP contribution is -2.31. The topological polar surface area (TPSA) is 3.24 Å². The van der Waals surface area contributed by atoms with Crippen LogP contribution in [0.5, 0.6) is 0 Å². The van der Waals surface area contributed by atoms with Crippen molar-refractivity contribution < 1.29 is 0 Å². The van der Waals surface area contributed by atoms with Crippen molar-refractivity contribution in [1.29, 1.82) is 0 Å². The lowest BCUT2D eigenvalue weighted by Gasteiger charge is -2.30. The van der Waals surface area contributed by atoms with Gasteiger partial charge in [0.05, 0.1) is 10.7 Å². The van der Waals surface area contributed by atoms with E-state index in [-0.39, 0.29) is 0 Å². The zero-order valence-electron chi connectivity index (χ0n) is 11.0. The van der Waals surface area contributed by atoms with Crippen LogP contribution in [0.4, 0.5) is 5.69 Å². The van der Waals surface area contributed by atoms with E-state index in [2.05, 4.69) is 46.1 Å². The molecule has 0 unspecified atom stereocenters. The van der Waals surface area contributed by atoms with Crippen molar-refractivity contribution >= 4 is 33.2 Å². The maximum atomic E-state index is 6.40. The highest BCUT2D eigenvalue weighted by molar-refractivity contribution is 9.08. The van der Waals surface area contributed by atoms with Gasteiger partial charge in [0.2, 0.25) is 0 Å². The Hall–Kier alpha value is -0.210. The van der Waals surface area contributed by atoms with Crippen LogP contribution < -0.4 is 4.90 Å². The summed E-state index contributed by atoms with van der Waals surface area (Å²) in [5.74, 6) is 0. The Morgan fingerprint density at radius 1 is 1.22 bits per heavy atom. The Kier molecular flexibility index (Phi) is 5.38. The number of nitrogens with zero attached hydrogens (tertiary/aromatic N) is 1. The number of halogens is 2. The predicted molar refractivity (Wildman–Crippen MR) is 84.0 cm³/mol. The molecule has 0 N–H and O–H groups in total. The maximum absolute atomic E-state index is 6.40. The molecule has 0 saturated heterocycles. The van der Waals surface area contributed by atoms with Gasteiger partial charge in [0, 0.05) is 18.4 Å². The van der Waals surface area contributed by atoms with Crippen LogP contribution >= 0.6 is 27.5 Å². The summed E-state index contributed by atoms with van der Waals surface area (Å²) in [5, 5.41) is 1.74.